The van der Waals surface area contributed by atoms with Gasteiger partial charge in [-0.15, -0.1) is 12.4 Å². The van der Waals surface area contributed by atoms with E-state index in [1.54, 1.807) is 16.7 Å². The van der Waals surface area contributed by atoms with Crippen LogP contribution in [0.25, 0.3) is 0 Å². The molecular formula is C19H22ClN. The lowest BCUT2D eigenvalue weighted by Gasteiger charge is -2.36. The van der Waals surface area contributed by atoms with Gasteiger partial charge in [-0.25, -0.2) is 0 Å². The number of fused-ring (bicyclic) bond motifs is 7. The first kappa shape index (κ1) is 14.6. The Morgan fingerprint density at radius 1 is 0.952 bits per heavy atom. The molecule has 2 heteroatoms. The molecule has 2 bridgehead atoms. The molecule has 2 aliphatic heterocycles. The van der Waals surface area contributed by atoms with Gasteiger partial charge >= 0.3 is 0 Å². The van der Waals surface area contributed by atoms with Crippen LogP contribution in [0.4, 0.5) is 0 Å². The number of rotatable bonds is 3. The highest BCUT2D eigenvalue weighted by Crippen LogP contribution is 2.51. The fraction of sp³-hybridized carbons (Fsp3) is 0.368. The van der Waals surface area contributed by atoms with Crippen LogP contribution in [0.2, 0.25) is 0 Å². The van der Waals surface area contributed by atoms with E-state index in [0.29, 0.717) is 12.1 Å². The molecular weight excluding hydrogens is 278 g/mol. The van der Waals surface area contributed by atoms with Gasteiger partial charge in [0, 0.05) is 6.04 Å². The fourth-order valence-corrected chi connectivity index (χ4v) is 3.99. The number of nitrogens with zero attached hydrogens (tertiary/aromatic N) is 1. The van der Waals surface area contributed by atoms with Crippen LogP contribution in [-0.2, 0) is 6.42 Å². The predicted octanol–water partition coefficient (Wildman–Crippen LogP) is 4.91. The molecule has 0 radical (unpaired) electrons. The first-order valence-electron chi connectivity index (χ1n) is 7.82. The number of hydrogen-bond acceptors (Lipinski definition) is 1. The summed E-state index contributed by atoms with van der Waals surface area (Å²) in [6.45, 7) is 3.50. The molecule has 0 fully saturated rings. The first-order chi connectivity index (χ1) is 9.90. The molecule has 2 unspecified atom stereocenters. The van der Waals surface area contributed by atoms with Crippen LogP contribution in [0.15, 0.2) is 48.5 Å². The summed E-state index contributed by atoms with van der Waals surface area (Å²) in [7, 11) is 0. The van der Waals surface area contributed by atoms with Crippen LogP contribution in [0.1, 0.15) is 54.1 Å². The quantitative estimate of drug-likeness (QED) is 0.778. The van der Waals surface area contributed by atoms with Crippen molar-refractivity contribution < 1.29 is 0 Å². The van der Waals surface area contributed by atoms with Crippen molar-refractivity contribution in [2.75, 3.05) is 6.54 Å². The smallest absolute Gasteiger partial charge is 0.0613 e. The minimum atomic E-state index is 0. The van der Waals surface area contributed by atoms with Gasteiger partial charge in [0.05, 0.1) is 6.04 Å². The van der Waals surface area contributed by atoms with Gasteiger partial charge in [0.25, 0.3) is 0 Å². The maximum Gasteiger partial charge on any atom is 0.0613 e. The van der Waals surface area contributed by atoms with Crippen molar-refractivity contribution in [3.8, 4) is 0 Å². The molecule has 1 nitrogen and oxygen atoms in total. The lowest BCUT2D eigenvalue weighted by Crippen LogP contribution is -2.33. The summed E-state index contributed by atoms with van der Waals surface area (Å²) >= 11 is 0. The number of benzene rings is 2. The van der Waals surface area contributed by atoms with Crippen molar-refractivity contribution in [2.24, 2.45) is 0 Å². The van der Waals surface area contributed by atoms with Gasteiger partial charge in [0.1, 0.15) is 0 Å². The number of unbranched alkanes of at least 4 members (excludes halogenated alkanes) is 1. The summed E-state index contributed by atoms with van der Waals surface area (Å²) in [6, 6.07) is 19.2. The molecule has 4 rings (SSSR count). The van der Waals surface area contributed by atoms with E-state index in [9.17, 15) is 0 Å². The van der Waals surface area contributed by atoms with E-state index in [1.807, 2.05) is 0 Å². The highest BCUT2D eigenvalue weighted by Gasteiger charge is 2.42. The van der Waals surface area contributed by atoms with Gasteiger partial charge in [0.2, 0.25) is 0 Å². The van der Waals surface area contributed by atoms with Gasteiger partial charge in [-0.2, -0.15) is 0 Å². The molecule has 0 N–H and O–H groups in total. The lowest BCUT2D eigenvalue weighted by molar-refractivity contribution is 0.165. The predicted molar refractivity (Wildman–Crippen MR) is 90.0 cm³/mol. The Labute approximate surface area is 133 Å². The molecule has 0 aliphatic carbocycles. The topological polar surface area (TPSA) is 3.24 Å². The zero-order chi connectivity index (χ0) is 13.5. The van der Waals surface area contributed by atoms with E-state index >= 15 is 0 Å². The minimum absolute atomic E-state index is 0. The third-order valence-corrected chi connectivity index (χ3v) is 4.91. The summed E-state index contributed by atoms with van der Waals surface area (Å²) in [6.07, 6.45) is 3.74. The summed E-state index contributed by atoms with van der Waals surface area (Å²) in [4.78, 5) is 2.73. The molecule has 110 valence electrons. The number of halogens is 1. The number of hydrogen-bond donors (Lipinski definition) is 0. The molecule has 0 saturated heterocycles. The average Bonchev–Trinajstić information content (AvgIpc) is 2.72. The molecule has 2 atom stereocenters. The normalized spacial score (nSPS) is 22.3. The van der Waals surface area contributed by atoms with Gasteiger partial charge in [0.15, 0.2) is 0 Å². The molecule has 2 aromatic carbocycles. The highest BCUT2D eigenvalue weighted by molar-refractivity contribution is 5.85. The van der Waals surface area contributed by atoms with Gasteiger partial charge < -0.3 is 0 Å². The zero-order valence-corrected chi connectivity index (χ0v) is 13.3. The maximum absolute atomic E-state index is 2.73. The first-order valence-corrected chi connectivity index (χ1v) is 7.82. The largest absolute Gasteiger partial charge is 0.285 e. The van der Waals surface area contributed by atoms with Gasteiger partial charge in [-0.1, -0.05) is 61.9 Å². The van der Waals surface area contributed by atoms with Crippen molar-refractivity contribution in [1.29, 1.82) is 0 Å². The SMILES string of the molecule is CCCCN1C2Cc3ccccc3C1c1ccccc12.Cl. The van der Waals surface area contributed by atoms with E-state index in [1.165, 1.54) is 31.4 Å². The second kappa shape index (κ2) is 5.82. The Morgan fingerprint density at radius 2 is 1.62 bits per heavy atom. The Balaban J connectivity index is 0.00000132. The van der Waals surface area contributed by atoms with Crippen molar-refractivity contribution >= 4 is 12.4 Å². The van der Waals surface area contributed by atoms with Crippen LogP contribution in [0, 0.1) is 0 Å². The Bertz CT molecular complexity index is 626. The van der Waals surface area contributed by atoms with E-state index in [2.05, 4.69) is 60.4 Å². The van der Waals surface area contributed by atoms with Crippen LogP contribution < -0.4 is 0 Å². The van der Waals surface area contributed by atoms with Crippen molar-refractivity contribution in [3.63, 3.8) is 0 Å². The van der Waals surface area contributed by atoms with Crippen LogP contribution in [0.5, 0.6) is 0 Å². The van der Waals surface area contributed by atoms with Crippen LogP contribution in [-0.4, -0.2) is 11.4 Å². The van der Waals surface area contributed by atoms with Crippen LogP contribution in [0.3, 0.4) is 0 Å². The standard InChI is InChI=1S/C19H21N.ClH/c1-2-3-12-20-18-13-14-8-4-5-9-15(14)19(20)17-11-7-6-10-16(17)18;/h4-11,18-19H,2-3,12-13H2,1H3;1H. The van der Waals surface area contributed by atoms with E-state index < -0.39 is 0 Å². The molecule has 2 aliphatic rings. The Hall–Kier alpha value is -1.31. The third kappa shape index (κ3) is 2.20. The van der Waals surface area contributed by atoms with E-state index in [4.69, 9.17) is 0 Å². The summed E-state index contributed by atoms with van der Waals surface area (Å²) in [5, 5.41) is 0. The zero-order valence-electron chi connectivity index (χ0n) is 12.5. The molecule has 0 amide bonds. The second-order valence-corrected chi connectivity index (χ2v) is 6.04. The molecule has 21 heavy (non-hydrogen) atoms. The molecule has 2 aromatic rings. The molecule has 0 spiro atoms. The fourth-order valence-electron chi connectivity index (χ4n) is 3.99. The average molecular weight is 300 g/mol. The Morgan fingerprint density at radius 3 is 2.38 bits per heavy atom. The molecule has 0 saturated carbocycles. The monoisotopic (exact) mass is 299 g/mol. The van der Waals surface area contributed by atoms with Crippen molar-refractivity contribution in [3.05, 3.63) is 70.8 Å². The maximum atomic E-state index is 2.73. The van der Waals surface area contributed by atoms with Gasteiger partial charge in [-0.05, 0) is 41.6 Å². The van der Waals surface area contributed by atoms with Crippen molar-refractivity contribution in [2.45, 2.75) is 38.3 Å². The van der Waals surface area contributed by atoms with Crippen LogP contribution >= 0.6 is 12.4 Å². The highest BCUT2D eigenvalue weighted by atomic mass is 35.5. The van der Waals surface area contributed by atoms with Gasteiger partial charge in [-0.3, -0.25) is 4.90 Å². The second-order valence-electron chi connectivity index (χ2n) is 6.04. The minimum Gasteiger partial charge on any atom is -0.285 e. The summed E-state index contributed by atoms with van der Waals surface area (Å²) in [5.41, 5.74) is 6.18. The lowest BCUT2D eigenvalue weighted by atomic mass is 9.91. The molecule has 2 heterocycles. The Kier molecular flexibility index (Phi) is 4.05. The van der Waals surface area contributed by atoms with E-state index in [-0.39, 0.29) is 12.4 Å². The van der Waals surface area contributed by atoms with Crippen molar-refractivity contribution in [1.82, 2.24) is 4.90 Å². The summed E-state index contributed by atoms with van der Waals surface area (Å²) < 4.78 is 0. The summed E-state index contributed by atoms with van der Waals surface area (Å²) in [5.74, 6) is 0. The van der Waals surface area contributed by atoms with E-state index in [0.717, 1.165) is 0 Å². The third-order valence-electron chi connectivity index (χ3n) is 4.91. The molecule has 0 aromatic heterocycles.